The van der Waals surface area contributed by atoms with E-state index in [1.165, 1.54) is 6.20 Å². The van der Waals surface area contributed by atoms with Gasteiger partial charge in [0.2, 0.25) is 5.91 Å². The summed E-state index contributed by atoms with van der Waals surface area (Å²) in [5.74, 6) is 1.41. The van der Waals surface area contributed by atoms with E-state index in [4.69, 9.17) is 27.1 Å². The average Bonchev–Trinajstić information content (AvgIpc) is 3.24. The van der Waals surface area contributed by atoms with Crippen molar-refractivity contribution in [1.82, 2.24) is 9.97 Å². The topological polar surface area (TPSA) is 81.3 Å². The predicted octanol–water partition coefficient (Wildman–Crippen LogP) is 4.35. The van der Waals surface area contributed by atoms with Crippen molar-refractivity contribution in [3.8, 4) is 17.0 Å². The maximum absolute atomic E-state index is 11.3. The molecule has 0 bridgehead atoms. The number of amides is 1. The molecule has 150 valence electrons. The Balaban J connectivity index is 1.45. The van der Waals surface area contributed by atoms with Crippen LogP contribution < -0.4 is 15.4 Å². The largest absolute Gasteiger partial charge is 0.496 e. The van der Waals surface area contributed by atoms with Gasteiger partial charge in [-0.3, -0.25) is 4.79 Å². The van der Waals surface area contributed by atoms with Crippen molar-refractivity contribution in [2.75, 3.05) is 25.1 Å². The zero-order valence-electron chi connectivity index (χ0n) is 16.0. The summed E-state index contributed by atoms with van der Waals surface area (Å²) in [7, 11) is 1.68. The number of ether oxygens (including phenoxy) is 1. The number of nitrogens with two attached hydrogens (primary N) is 1. The summed E-state index contributed by atoms with van der Waals surface area (Å²) in [6, 6.07) is 9.52. The first kappa shape index (κ1) is 19.7. The minimum atomic E-state index is -0.528. The molecular formula is C21H21ClN4O2S. The van der Waals surface area contributed by atoms with Crippen LogP contribution in [-0.2, 0) is 0 Å². The smallest absolute Gasteiger partial charge is 0.250 e. The van der Waals surface area contributed by atoms with Gasteiger partial charge in [-0.15, -0.1) is 11.3 Å². The second kappa shape index (κ2) is 8.39. The van der Waals surface area contributed by atoms with Gasteiger partial charge in [0.25, 0.3) is 0 Å². The number of nitrogens with zero attached hydrogens (tertiary/aromatic N) is 3. The molecule has 6 nitrogen and oxygen atoms in total. The van der Waals surface area contributed by atoms with Crippen molar-refractivity contribution in [2.24, 2.45) is 5.73 Å². The van der Waals surface area contributed by atoms with Gasteiger partial charge in [0.05, 0.1) is 28.4 Å². The molecule has 1 aromatic carbocycles. The Morgan fingerprint density at radius 3 is 2.76 bits per heavy atom. The van der Waals surface area contributed by atoms with Crippen molar-refractivity contribution < 1.29 is 9.53 Å². The molecule has 1 saturated heterocycles. The summed E-state index contributed by atoms with van der Waals surface area (Å²) in [6.45, 7) is 1.66. The SMILES string of the molecule is COc1ccccc1-c1csc(C2CCN(c3ncc(C(N)=O)cc3Cl)CC2)n1. The van der Waals surface area contributed by atoms with Gasteiger partial charge in [-0.2, -0.15) is 0 Å². The van der Waals surface area contributed by atoms with Gasteiger partial charge >= 0.3 is 0 Å². The molecular weight excluding hydrogens is 408 g/mol. The van der Waals surface area contributed by atoms with Crippen LogP contribution in [0, 0.1) is 0 Å². The number of methoxy groups -OCH3 is 1. The Labute approximate surface area is 178 Å². The fourth-order valence-corrected chi connectivity index (χ4v) is 4.87. The lowest BCUT2D eigenvalue weighted by atomic mass is 9.97. The van der Waals surface area contributed by atoms with Crippen molar-refractivity contribution in [3.05, 3.63) is 57.5 Å². The number of benzene rings is 1. The standard InChI is InChI=1S/C21H21ClN4O2S/c1-28-18-5-3-2-4-15(18)17-12-29-21(25-17)13-6-8-26(9-7-13)20-16(22)10-14(11-24-20)19(23)27/h2-5,10-13H,6-9H2,1H3,(H2,23,27). The normalized spacial score (nSPS) is 14.8. The Hall–Kier alpha value is -2.64. The van der Waals surface area contributed by atoms with Gasteiger partial charge in [0.15, 0.2) is 0 Å². The Bertz CT molecular complexity index is 1030. The number of piperidine rings is 1. The predicted molar refractivity (Wildman–Crippen MR) is 116 cm³/mol. The zero-order chi connectivity index (χ0) is 20.4. The van der Waals surface area contributed by atoms with Crippen LogP contribution >= 0.6 is 22.9 Å². The monoisotopic (exact) mass is 428 g/mol. The van der Waals surface area contributed by atoms with Crippen LogP contribution in [0.15, 0.2) is 41.9 Å². The molecule has 2 N–H and O–H groups in total. The summed E-state index contributed by atoms with van der Waals surface area (Å²) in [5.41, 5.74) is 7.58. The molecule has 1 fully saturated rings. The molecule has 29 heavy (non-hydrogen) atoms. The van der Waals surface area contributed by atoms with E-state index in [-0.39, 0.29) is 0 Å². The highest BCUT2D eigenvalue weighted by Crippen LogP contribution is 2.37. The van der Waals surface area contributed by atoms with E-state index >= 15 is 0 Å². The van der Waals surface area contributed by atoms with Gasteiger partial charge in [-0.1, -0.05) is 23.7 Å². The summed E-state index contributed by atoms with van der Waals surface area (Å²) < 4.78 is 5.46. The average molecular weight is 429 g/mol. The fourth-order valence-electron chi connectivity index (χ4n) is 3.59. The molecule has 2 aromatic heterocycles. The molecule has 1 aliphatic rings. The fraction of sp³-hybridized carbons (Fsp3) is 0.286. The maximum atomic E-state index is 11.3. The van der Waals surface area contributed by atoms with E-state index in [9.17, 15) is 4.79 Å². The number of para-hydroxylation sites is 1. The van der Waals surface area contributed by atoms with Gasteiger partial charge in [0, 0.05) is 36.1 Å². The van der Waals surface area contributed by atoms with Crippen molar-refractivity contribution in [3.63, 3.8) is 0 Å². The minimum Gasteiger partial charge on any atom is -0.496 e. The van der Waals surface area contributed by atoms with Crippen LogP contribution in [-0.4, -0.2) is 36.1 Å². The Kier molecular flexibility index (Phi) is 5.69. The number of aromatic nitrogens is 2. The molecule has 1 aliphatic heterocycles. The third-order valence-corrected chi connectivity index (χ3v) is 6.44. The van der Waals surface area contributed by atoms with Gasteiger partial charge < -0.3 is 15.4 Å². The van der Waals surface area contributed by atoms with Crippen LogP contribution in [0.1, 0.15) is 34.1 Å². The molecule has 0 aliphatic carbocycles. The van der Waals surface area contributed by atoms with E-state index in [0.717, 1.165) is 47.9 Å². The van der Waals surface area contributed by atoms with Crippen LogP contribution in [0.25, 0.3) is 11.3 Å². The van der Waals surface area contributed by atoms with Crippen molar-refractivity contribution in [2.45, 2.75) is 18.8 Å². The lowest BCUT2D eigenvalue weighted by Crippen LogP contribution is -2.33. The Morgan fingerprint density at radius 2 is 2.07 bits per heavy atom. The third-order valence-electron chi connectivity index (χ3n) is 5.15. The van der Waals surface area contributed by atoms with Gasteiger partial charge in [0.1, 0.15) is 11.6 Å². The summed E-state index contributed by atoms with van der Waals surface area (Å²) >= 11 is 8.02. The van der Waals surface area contributed by atoms with E-state index in [0.29, 0.717) is 22.3 Å². The molecule has 0 spiro atoms. The second-order valence-electron chi connectivity index (χ2n) is 6.93. The molecule has 3 heterocycles. The van der Waals surface area contributed by atoms with Crippen LogP contribution in [0.5, 0.6) is 5.75 Å². The first-order valence-corrected chi connectivity index (χ1v) is 10.6. The Morgan fingerprint density at radius 1 is 1.31 bits per heavy atom. The summed E-state index contributed by atoms with van der Waals surface area (Å²) in [6.07, 6.45) is 3.42. The molecule has 8 heteroatoms. The number of thiazole rings is 1. The number of hydrogen-bond donors (Lipinski definition) is 1. The maximum Gasteiger partial charge on any atom is 0.250 e. The number of anilines is 1. The zero-order valence-corrected chi connectivity index (χ0v) is 17.5. The highest BCUT2D eigenvalue weighted by molar-refractivity contribution is 7.10. The second-order valence-corrected chi connectivity index (χ2v) is 8.22. The molecule has 4 rings (SSSR count). The highest BCUT2D eigenvalue weighted by atomic mass is 35.5. The first-order chi connectivity index (χ1) is 14.1. The van der Waals surface area contributed by atoms with Crippen LogP contribution in [0.2, 0.25) is 5.02 Å². The van der Waals surface area contributed by atoms with Crippen molar-refractivity contribution in [1.29, 1.82) is 0 Å². The summed E-state index contributed by atoms with van der Waals surface area (Å²) in [4.78, 5) is 22.7. The summed E-state index contributed by atoms with van der Waals surface area (Å²) in [5, 5.41) is 3.70. The quantitative estimate of drug-likeness (QED) is 0.653. The van der Waals surface area contributed by atoms with E-state index < -0.39 is 5.91 Å². The molecule has 0 saturated carbocycles. The number of primary amides is 1. The number of pyridine rings is 1. The van der Waals surface area contributed by atoms with Crippen molar-refractivity contribution >= 4 is 34.7 Å². The number of carbonyl (C=O) groups is 1. The number of halogens is 1. The lowest BCUT2D eigenvalue weighted by molar-refractivity contribution is 0.1000. The number of hydrogen-bond acceptors (Lipinski definition) is 6. The molecule has 0 radical (unpaired) electrons. The number of carbonyl (C=O) groups excluding carboxylic acids is 1. The molecule has 1 amide bonds. The first-order valence-electron chi connectivity index (χ1n) is 9.36. The third kappa shape index (κ3) is 4.06. The van der Waals surface area contributed by atoms with Crippen LogP contribution in [0.3, 0.4) is 0 Å². The molecule has 3 aromatic rings. The van der Waals surface area contributed by atoms with E-state index in [1.807, 2.05) is 24.3 Å². The minimum absolute atomic E-state index is 0.320. The van der Waals surface area contributed by atoms with Gasteiger partial charge in [-0.05, 0) is 31.0 Å². The molecule has 0 atom stereocenters. The van der Waals surface area contributed by atoms with E-state index in [2.05, 4.69) is 15.3 Å². The molecule has 0 unspecified atom stereocenters. The lowest BCUT2D eigenvalue weighted by Gasteiger charge is -2.32. The highest BCUT2D eigenvalue weighted by Gasteiger charge is 2.25. The number of rotatable bonds is 5. The van der Waals surface area contributed by atoms with Crippen LogP contribution in [0.4, 0.5) is 5.82 Å². The van der Waals surface area contributed by atoms with Gasteiger partial charge in [-0.25, -0.2) is 9.97 Å². The van der Waals surface area contributed by atoms with E-state index in [1.54, 1.807) is 24.5 Å².